The summed E-state index contributed by atoms with van der Waals surface area (Å²) in [5, 5.41) is 13.4. The molecule has 3 heteroatoms. The molecule has 1 atom stereocenters. The predicted molar refractivity (Wildman–Crippen MR) is 93.8 cm³/mol. The van der Waals surface area contributed by atoms with Gasteiger partial charge < -0.3 is 15.3 Å². The molecular weight excluding hydrogens is 260 g/mol. The minimum atomic E-state index is -0.0970. The average Bonchev–Trinajstić information content (AvgIpc) is 2.43. The van der Waals surface area contributed by atoms with Crippen LogP contribution in [0.2, 0.25) is 0 Å². The minimum Gasteiger partial charge on any atom is -0.394 e. The quantitative estimate of drug-likeness (QED) is 0.508. The number of nitrogens with zero attached hydrogens (tertiary/aromatic N) is 1. The van der Waals surface area contributed by atoms with Gasteiger partial charge in [0.25, 0.3) is 0 Å². The van der Waals surface area contributed by atoms with E-state index < -0.39 is 0 Å². The Bertz CT molecular complexity index is 237. The van der Waals surface area contributed by atoms with Gasteiger partial charge in [-0.15, -0.1) is 0 Å². The standard InChI is InChI=1S/C18H40N2O/c1-7-9-10-13-20(17(5)6)14-11-12-18(8-2,15-21)19-16(3)4/h16-17,19,21H,7-15H2,1-6H3. The van der Waals surface area contributed by atoms with Gasteiger partial charge in [-0.25, -0.2) is 0 Å². The van der Waals surface area contributed by atoms with Gasteiger partial charge in [0, 0.05) is 17.6 Å². The molecule has 0 heterocycles. The Hall–Kier alpha value is -0.120. The maximum Gasteiger partial charge on any atom is 0.0613 e. The van der Waals surface area contributed by atoms with Crippen molar-refractivity contribution in [3.05, 3.63) is 0 Å². The van der Waals surface area contributed by atoms with Gasteiger partial charge >= 0.3 is 0 Å². The Morgan fingerprint density at radius 2 is 1.62 bits per heavy atom. The molecule has 128 valence electrons. The maximum absolute atomic E-state index is 9.80. The Labute approximate surface area is 133 Å². The lowest BCUT2D eigenvalue weighted by Gasteiger charge is -2.35. The minimum absolute atomic E-state index is 0.0970. The van der Waals surface area contributed by atoms with Crippen molar-refractivity contribution in [2.45, 2.75) is 97.7 Å². The number of hydrogen-bond donors (Lipinski definition) is 2. The normalized spacial score (nSPS) is 15.1. The monoisotopic (exact) mass is 300 g/mol. The molecule has 0 aromatic rings. The second kappa shape index (κ2) is 11.4. The molecule has 0 saturated heterocycles. The molecule has 0 radical (unpaired) electrons. The molecule has 0 saturated carbocycles. The van der Waals surface area contributed by atoms with E-state index in [2.05, 4.69) is 51.8 Å². The Kier molecular flexibility index (Phi) is 11.4. The SMILES string of the molecule is CCCCCN(CCCC(CC)(CO)NC(C)C)C(C)C. The van der Waals surface area contributed by atoms with E-state index in [9.17, 15) is 5.11 Å². The Balaban J connectivity index is 4.30. The molecule has 21 heavy (non-hydrogen) atoms. The third-order valence-electron chi connectivity index (χ3n) is 4.45. The van der Waals surface area contributed by atoms with Crippen LogP contribution in [0, 0.1) is 0 Å². The van der Waals surface area contributed by atoms with Crippen LogP contribution in [0.25, 0.3) is 0 Å². The van der Waals surface area contributed by atoms with Gasteiger partial charge in [-0.3, -0.25) is 0 Å². The van der Waals surface area contributed by atoms with Crippen LogP contribution in [0.4, 0.5) is 0 Å². The summed E-state index contributed by atoms with van der Waals surface area (Å²) in [7, 11) is 0. The van der Waals surface area contributed by atoms with Gasteiger partial charge in [-0.1, -0.05) is 40.5 Å². The summed E-state index contributed by atoms with van der Waals surface area (Å²) >= 11 is 0. The van der Waals surface area contributed by atoms with Crippen molar-refractivity contribution >= 4 is 0 Å². The van der Waals surface area contributed by atoms with Crippen LogP contribution in [0.1, 0.15) is 80.1 Å². The van der Waals surface area contributed by atoms with Crippen molar-refractivity contribution in [3.8, 4) is 0 Å². The van der Waals surface area contributed by atoms with Crippen molar-refractivity contribution in [2.75, 3.05) is 19.7 Å². The summed E-state index contributed by atoms with van der Waals surface area (Å²) in [6.45, 7) is 15.9. The summed E-state index contributed by atoms with van der Waals surface area (Å²) in [6.07, 6.45) is 7.10. The van der Waals surface area contributed by atoms with Crippen LogP contribution in [0.15, 0.2) is 0 Å². The highest BCUT2D eigenvalue weighted by atomic mass is 16.3. The molecule has 0 aromatic heterocycles. The van der Waals surface area contributed by atoms with E-state index in [1.165, 1.54) is 25.8 Å². The van der Waals surface area contributed by atoms with E-state index in [1.807, 2.05) is 0 Å². The second-order valence-corrected chi connectivity index (χ2v) is 7.03. The maximum atomic E-state index is 9.80. The van der Waals surface area contributed by atoms with Crippen LogP contribution < -0.4 is 5.32 Å². The molecule has 0 aliphatic rings. The lowest BCUT2D eigenvalue weighted by molar-refractivity contribution is 0.126. The number of rotatable bonds is 13. The summed E-state index contributed by atoms with van der Waals surface area (Å²) in [4.78, 5) is 2.59. The fourth-order valence-corrected chi connectivity index (χ4v) is 3.01. The molecule has 0 amide bonds. The summed E-state index contributed by atoms with van der Waals surface area (Å²) < 4.78 is 0. The van der Waals surface area contributed by atoms with E-state index in [-0.39, 0.29) is 12.1 Å². The third kappa shape index (κ3) is 8.80. The van der Waals surface area contributed by atoms with Crippen LogP contribution in [-0.4, -0.2) is 47.3 Å². The van der Waals surface area contributed by atoms with Crippen molar-refractivity contribution < 1.29 is 5.11 Å². The number of aliphatic hydroxyl groups is 1. The average molecular weight is 301 g/mol. The summed E-state index contributed by atoms with van der Waals surface area (Å²) in [5.41, 5.74) is -0.0970. The van der Waals surface area contributed by atoms with Crippen LogP contribution in [-0.2, 0) is 0 Å². The zero-order valence-corrected chi connectivity index (χ0v) is 15.4. The predicted octanol–water partition coefficient (Wildman–Crippen LogP) is 3.81. The number of unbranched alkanes of at least 4 members (excludes halogenated alkanes) is 2. The first-order valence-corrected chi connectivity index (χ1v) is 9.03. The van der Waals surface area contributed by atoms with Gasteiger partial charge in [0.15, 0.2) is 0 Å². The second-order valence-electron chi connectivity index (χ2n) is 7.03. The van der Waals surface area contributed by atoms with Crippen molar-refractivity contribution in [1.29, 1.82) is 0 Å². The smallest absolute Gasteiger partial charge is 0.0613 e. The number of nitrogens with one attached hydrogen (secondary N) is 1. The highest BCUT2D eigenvalue weighted by Gasteiger charge is 2.27. The first-order valence-electron chi connectivity index (χ1n) is 9.03. The number of hydrogen-bond acceptors (Lipinski definition) is 3. The van der Waals surface area contributed by atoms with Crippen LogP contribution >= 0.6 is 0 Å². The largest absolute Gasteiger partial charge is 0.394 e. The van der Waals surface area contributed by atoms with Gasteiger partial charge in [0.2, 0.25) is 0 Å². The van der Waals surface area contributed by atoms with Gasteiger partial charge in [-0.05, 0) is 52.6 Å². The first kappa shape index (κ1) is 20.9. The van der Waals surface area contributed by atoms with Gasteiger partial charge in [0.05, 0.1) is 6.61 Å². The van der Waals surface area contributed by atoms with Crippen molar-refractivity contribution in [3.63, 3.8) is 0 Å². The number of aliphatic hydroxyl groups excluding tert-OH is 1. The summed E-state index contributed by atoms with van der Waals surface area (Å²) in [6, 6.07) is 1.04. The van der Waals surface area contributed by atoms with E-state index in [0.717, 1.165) is 25.8 Å². The highest BCUT2D eigenvalue weighted by molar-refractivity contribution is 4.87. The molecule has 0 spiro atoms. The highest BCUT2D eigenvalue weighted by Crippen LogP contribution is 2.19. The van der Waals surface area contributed by atoms with Gasteiger partial charge in [-0.2, -0.15) is 0 Å². The van der Waals surface area contributed by atoms with Crippen molar-refractivity contribution in [2.24, 2.45) is 0 Å². The first-order chi connectivity index (χ1) is 9.90. The molecule has 0 aliphatic carbocycles. The van der Waals surface area contributed by atoms with E-state index >= 15 is 0 Å². The fraction of sp³-hybridized carbons (Fsp3) is 1.00. The topological polar surface area (TPSA) is 35.5 Å². The Morgan fingerprint density at radius 3 is 2.05 bits per heavy atom. The molecule has 0 aromatic carbocycles. The van der Waals surface area contributed by atoms with E-state index in [0.29, 0.717) is 12.1 Å². The van der Waals surface area contributed by atoms with Crippen LogP contribution in [0.3, 0.4) is 0 Å². The fourth-order valence-electron chi connectivity index (χ4n) is 3.01. The molecule has 1 unspecified atom stereocenters. The van der Waals surface area contributed by atoms with E-state index in [1.54, 1.807) is 0 Å². The molecule has 2 N–H and O–H groups in total. The van der Waals surface area contributed by atoms with Gasteiger partial charge in [0.1, 0.15) is 0 Å². The summed E-state index contributed by atoms with van der Waals surface area (Å²) in [5.74, 6) is 0. The molecule has 0 bridgehead atoms. The molecule has 0 aliphatic heterocycles. The lowest BCUT2D eigenvalue weighted by Crippen LogP contribution is -2.51. The van der Waals surface area contributed by atoms with E-state index in [4.69, 9.17) is 0 Å². The third-order valence-corrected chi connectivity index (χ3v) is 4.45. The molecule has 0 fully saturated rings. The lowest BCUT2D eigenvalue weighted by atomic mass is 9.90. The Morgan fingerprint density at radius 1 is 1.00 bits per heavy atom. The van der Waals surface area contributed by atoms with Crippen LogP contribution in [0.5, 0.6) is 0 Å². The zero-order chi connectivity index (χ0) is 16.3. The zero-order valence-electron chi connectivity index (χ0n) is 15.4. The molecular formula is C18H40N2O. The molecule has 3 nitrogen and oxygen atoms in total. The van der Waals surface area contributed by atoms with Crippen molar-refractivity contribution in [1.82, 2.24) is 10.2 Å². The molecule has 0 rings (SSSR count).